The Morgan fingerprint density at radius 1 is 0.320 bits per heavy atom. The number of hydrogen-bond acceptors (Lipinski definition) is 8. The van der Waals surface area contributed by atoms with Crippen molar-refractivity contribution in [3.8, 4) is 23.0 Å². The Hall–Kier alpha value is -3.70. The number of phenolic OH excluding ortho intramolecular Hbond substituents is 4. The third-order valence-corrected chi connectivity index (χ3v) is 8.70. The van der Waals surface area contributed by atoms with Gasteiger partial charge in [-0.3, -0.25) is 20.0 Å². The van der Waals surface area contributed by atoms with Crippen LogP contribution in [-0.2, 0) is 0 Å². The van der Waals surface area contributed by atoms with Crippen molar-refractivity contribution < 1.29 is 20.4 Å². The molecule has 0 saturated heterocycles. The van der Waals surface area contributed by atoms with Crippen LogP contribution in [0.1, 0.15) is 22.3 Å². The maximum absolute atomic E-state index is 10.5. The molecule has 0 amide bonds. The van der Waals surface area contributed by atoms with Gasteiger partial charge in [-0.25, -0.2) is 0 Å². The van der Waals surface area contributed by atoms with E-state index in [1.165, 1.54) is 85.5 Å². The molecule has 5 aromatic carbocycles. The molecule has 5 aromatic rings. The number of benzene rings is 5. The molecule has 254 valence electrons. The van der Waals surface area contributed by atoms with Gasteiger partial charge in [0.15, 0.2) is 0 Å². The van der Waals surface area contributed by atoms with Crippen LogP contribution in [0, 0.1) is 0 Å². The van der Waals surface area contributed by atoms with Crippen LogP contribution in [0.5, 0.6) is 23.0 Å². The largest absolute Gasteiger partial charge is 0.506 e. The minimum Gasteiger partial charge on any atom is -0.506 e. The molecule has 50 heavy (non-hydrogen) atoms. The lowest BCUT2D eigenvalue weighted by Crippen LogP contribution is -1.87. The van der Waals surface area contributed by atoms with Crippen molar-refractivity contribution in [1.82, 2.24) is 0 Å². The second kappa shape index (κ2) is 16.1. The monoisotopic (exact) mass is 826 g/mol. The fourth-order valence-electron chi connectivity index (χ4n) is 4.26. The first-order valence-corrected chi connectivity index (χ1v) is 16.8. The molecule has 0 unspecified atom stereocenters. The van der Waals surface area contributed by atoms with Crippen LogP contribution >= 0.6 is 92.8 Å². The number of nitrogens with zero attached hydrogens (tertiary/aromatic N) is 4. The van der Waals surface area contributed by atoms with E-state index in [4.69, 9.17) is 92.8 Å². The van der Waals surface area contributed by atoms with Gasteiger partial charge < -0.3 is 20.4 Å². The van der Waals surface area contributed by atoms with Crippen molar-refractivity contribution in [2.45, 2.75) is 0 Å². The van der Waals surface area contributed by atoms with Crippen LogP contribution in [0.2, 0.25) is 40.2 Å². The molecule has 0 radical (unpaired) electrons. The summed E-state index contributed by atoms with van der Waals surface area (Å²) in [6.45, 7) is 0. The van der Waals surface area contributed by atoms with Crippen LogP contribution < -0.4 is 0 Å². The lowest BCUT2D eigenvalue weighted by Gasteiger charge is -2.09. The van der Waals surface area contributed by atoms with Crippen LogP contribution in [0.25, 0.3) is 0 Å². The lowest BCUT2D eigenvalue weighted by molar-refractivity contribution is 0.474. The van der Waals surface area contributed by atoms with Crippen molar-refractivity contribution in [1.29, 1.82) is 0 Å². The molecule has 8 nitrogen and oxygen atoms in total. The zero-order chi connectivity index (χ0) is 36.3. The molecular formula is C34H18Cl8N4O4. The molecule has 0 spiro atoms. The highest BCUT2D eigenvalue weighted by Gasteiger charge is 2.14. The van der Waals surface area contributed by atoms with Gasteiger partial charge in [-0.05, 0) is 60.7 Å². The zero-order valence-corrected chi connectivity index (χ0v) is 30.7. The summed E-state index contributed by atoms with van der Waals surface area (Å²) in [5.41, 5.74) is 1.47. The average molecular weight is 830 g/mol. The summed E-state index contributed by atoms with van der Waals surface area (Å²) < 4.78 is 0. The normalized spacial score (nSPS) is 12.0. The molecule has 0 aromatic heterocycles. The molecule has 0 aliphatic heterocycles. The van der Waals surface area contributed by atoms with E-state index in [9.17, 15) is 20.4 Å². The Bertz CT molecular complexity index is 1960. The van der Waals surface area contributed by atoms with Gasteiger partial charge in [-0.15, -0.1) is 0 Å². The molecule has 5 rings (SSSR count). The Morgan fingerprint density at radius 3 is 0.720 bits per heavy atom. The van der Waals surface area contributed by atoms with Crippen LogP contribution in [0.15, 0.2) is 80.6 Å². The average Bonchev–Trinajstić information content (AvgIpc) is 3.05. The van der Waals surface area contributed by atoms with Crippen LogP contribution in [-0.4, -0.2) is 45.3 Å². The summed E-state index contributed by atoms with van der Waals surface area (Å²) in [5.74, 6) is -1.07. The summed E-state index contributed by atoms with van der Waals surface area (Å²) in [4.78, 5) is 18.1. The number of halogens is 8. The quantitative estimate of drug-likeness (QED) is 0.116. The number of hydrogen-bond donors (Lipinski definition) is 4. The highest BCUT2D eigenvalue weighted by molar-refractivity contribution is 6.38. The minimum atomic E-state index is -0.267. The third kappa shape index (κ3) is 8.96. The van der Waals surface area contributed by atoms with Gasteiger partial charge in [-0.2, -0.15) is 0 Å². The highest BCUT2D eigenvalue weighted by atomic mass is 35.5. The summed E-state index contributed by atoms with van der Waals surface area (Å²) in [6, 6.07) is 14.3. The van der Waals surface area contributed by atoms with Crippen LogP contribution in [0.3, 0.4) is 0 Å². The first-order valence-electron chi connectivity index (χ1n) is 13.8. The molecule has 0 heterocycles. The standard InChI is InChI=1S/C34H18Cl8N4O4/c35-19-1-15(31(47)23(39)5-19)11-43-27-9-29(45-13-17-3-21(37)7-25(41)33(17)49)30(46-14-18-4-22(38)8-26(42)34(18)50)10-28(27)44-12-16-2-20(36)6-24(40)32(16)48/h1-14,47-50H. The second-order valence-electron chi connectivity index (χ2n) is 10.2. The highest BCUT2D eigenvalue weighted by Crippen LogP contribution is 2.42. The Kier molecular flexibility index (Phi) is 12.1. The fourth-order valence-corrected chi connectivity index (χ4v) is 6.30. The summed E-state index contributed by atoms with van der Waals surface area (Å²) in [6.07, 6.45) is 5.22. The van der Waals surface area contributed by atoms with Crippen molar-refractivity contribution in [2.24, 2.45) is 20.0 Å². The smallest absolute Gasteiger partial charge is 0.143 e. The molecule has 0 atom stereocenters. The molecular weight excluding hydrogens is 812 g/mol. The van der Waals surface area contributed by atoms with Crippen LogP contribution in [0.4, 0.5) is 22.7 Å². The second-order valence-corrected chi connectivity index (χ2v) is 13.5. The summed E-state index contributed by atoms with van der Waals surface area (Å²) in [7, 11) is 0. The lowest BCUT2D eigenvalue weighted by atomic mass is 10.1. The van der Waals surface area contributed by atoms with Crippen molar-refractivity contribution >= 4 is 140 Å². The SMILES string of the molecule is Oc1c(Cl)cc(Cl)cc1C=Nc1cc(N=Cc2cc(Cl)cc(Cl)c2O)c(N=Cc2cc(Cl)cc(Cl)c2O)cc1N=Cc1cc(Cl)cc(Cl)c1O. The van der Waals surface area contributed by atoms with Gasteiger partial charge in [0.05, 0.1) is 42.8 Å². The molecule has 0 bridgehead atoms. The molecule has 0 aliphatic rings. The molecule has 0 saturated carbocycles. The molecule has 0 aliphatic carbocycles. The van der Waals surface area contributed by atoms with E-state index < -0.39 is 0 Å². The third-order valence-electron chi connectivity index (χ3n) is 6.67. The van der Waals surface area contributed by atoms with E-state index in [-0.39, 0.29) is 108 Å². The van der Waals surface area contributed by atoms with Crippen molar-refractivity contribution in [3.05, 3.63) is 123 Å². The van der Waals surface area contributed by atoms with E-state index in [0.29, 0.717) is 0 Å². The first-order chi connectivity index (χ1) is 23.7. The van der Waals surface area contributed by atoms with Gasteiger partial charge in [0.25, 0.3) is 0 Å². The zero-order valence-electron chi connectivity index (χ0n) is 24.7. The number of aromatic hydroxyl groups is 4. The van der Waals surface area contributed by atoms with Gasteiger partial charge >= 0.3 is 0 Å². The Balaban J connectivity index is 1.74. The molecule has 16 heteroatoms. The van der Waals surface area contributed by atoms with Gasteiger partial charge in [0.2, 0.25) is 0 Å². The van der Waals surface area contributed by atoms with Gasteiger partial charge in [0, 0.05) is 67.2 Å². The minimum absolute atomic E-state index is 0.00448. The van der Waals surface area contributed by atoms with E-state index in [1.54, 1.807) is 0 Å². The van der Waals surface area contributed by atoms with E-state index in [2.05, 4.69) is 20.0 Å². The number of rotatable bonds is 8. The predicted octanol–water partition coefficient (Wildman–Crippen LogP) is 12.7. The van der Waals surface area contributed by atoms with Crippen molar-refractivity contribution in [3.63, 3.8) is 0 Å². The Morgan fingerprint density at radius 2 is 0.520 bits per heavy atom. The first kappa shape index (κ1) is 37.6. The maximum atomic E-state index is 10.5. The van der Waals surface area contributed by atoms with Crippen molar-refractivity contribution in [2.75, 3.05) is 0 Å². The topological polar surface area (TPSA) is 130 Å². The summed E-state index contributed by atoms with van der Waals surface area (Å²) in [5, 5.41) is 43.1. The van der Waals surface area contributed by atoms with E-state index >= 15 is 0 Å². The van der Waals surface area contributed by atoms with E-state index in [0.717, 1.165) is 0 Å². The number of aliphatic imine (C=N–C) groups is 4. The predicted molar refractivity (Wildman–Crippen MR) is 208 cm³/mol. The maximum Gasteiger partial charge on any atom is 0.143 e. The Labute approximate surface area is 324 Å². The van der Waals surface area contributed by atoms with Gasteiger partial charge in [-0.1, -0.05) is 92.8 Å². The fraction of sp³-hybridized carbons (Fsp3) is 0. The summed E-state index contributed by atoms with van der Waals surface area (Å²) >= 11 is 49.1. The number of phenols is 4. The molecule has 0 fully saturated rings. The van der Waals surface area contributed by atoms with E-state index in [1.807, 2.05) is 0 Å². The van der Waals surface area contributed by atoms with Gasteiger partial charge in [0.1, 0.15) is 23.0 Å². The molecule has 4 N–H and O–H groups in total.